The molecule has 1 aliphatic heterocycles. The van der Waals surface area contributed by atoms with Gasteiger partial charge in [-0.1, -0.05) is 23.7 Å². The molecule has 1 heterocycles. The van der Waals surface area contributed by atoms with Crippen molar-refractivity contribution in [2.75, 3.05) is 19.4 Å². The van der Waals surface area contributed by atoms with Crippen LogP contribution < -0.4 is 14.2 Å². The molecule has 0 amide bonds. The highest BCUT2D eigenvalue weighted by atomic mass is 35.5. The monoisotopic (exact) mass is 459 g/mol. The molecular weight excluding hydrogens is 438 g/mol. The van der Waals surface area contributed by atoms with Crippen molar-refractivity contribution in [3.63, 3.8) is 0 Å². The van der Waals surface area contributed by atoms with Crippen molar-refractivity contribution in [1.29, 1.82) is 0 Å². The van der Waals surface area contributed by atoms with Crippen LogP contribution in [0.3, 0.4) is 0 Å². The summed E-state index contributed by atoms with van der Waals surface area (Å²) in [6.45, 7) is 4.00. The van der Waals surface area contributed by atoms with E-state index < -0.39 is 19.9 Å². The molecule has 3 rings (SSSR count). The van der Waals surface area contributed by atoms with Crippen LogP contribution >= 0.6 is 11.6 Å². The first-order valence-corrected chi connectivity index (χ1v) is 12.6. The summed E-state index contributed by atoms with van der Waals surface area (Å²) < 4.78 is 62.5. The number of benzene rings is 2. The normalized spacial score (nSPS) is 15.6. The molecule has 0 bridgehead atoms. The number of nitrogens with one attached hydrogen (secondary N) is 1. The van der Waals surface area contributed by atoms with Crippen molar-refractivity contribution >= 4 is 31.5 Å². The SMILES string of the molecule is CC1(C)Cc2cccc(OCCNS(=O)(=O)c3cc(S(C)(=O)=O)ccc3Cl)c2O1. The highest BCUT2D eigenvalue weighted by molar-refractivity contribution is 7.91. The summed E-state index contributed by atoms with van der Waals surface area (Å²) in [7, 11) is -7.58. The van der Waals surface area contributed by atoms with E-state index in [0.29, 0.717) is 11.5 Å². The predicted molar refractivity (Wildman–Crippen MR) is 110 cm³/mol. The number of halogens is 1. The van der Waals surface area contributed by atoms with Gasteiger partial charge in [0.05, 0.1) is 9.92 Å². The van der Waals surface area contributed by atoms with Gasteiger partial charge in [-0.3, -0.25) is 0 Å². The molecule has 2 aromatic rings. The zero-order valence-corrected chi connectivity index (χ0v) is 18.6. The van der Waals surface area contributed by atoms with Gasteiger partial charge in [-0.2, -0.15) is 0 Å². The molecule has 0 atom stereocenters. The Bertz CT molecular complexity index is 1140. The predicted octanol–water partition coefficient (Wildman–Crippen LogP) is 2.81. The molecule has 10 heteroatoms. The van der Waals surface area contributed by atoms with Gasteiger partial charge in [-0.15, -0.1) is 0 Å². The van der Waals surface area contributed by atoms with E-state index >= 15 is 0 Å². The summed E-state index contributed by atoms with van der Waals surface area (Å²) in [4.78, 5) is -0.425. The number of hydrogen-bond donors (Lipinski definition) is 1. The van der Waals surface area contributed by atoms with Crippen LogP contribution in [0.1, 0.15) is 19.4 Å². The fourth-order valence-electron chi connectivity index (χ4n) is 3.04. The lowest BCUT2D eigenvalue weighted by Crippen LogP contribution is -2.28. The molecule has 0 aromatic heterocycles. The van der Waals surface area contributed by atoms with Crippen LogP contribution in [0.5, 0.6) is 11.5 Å². The highest BCUT2D eigenvalue weighted by Crippen LogP contribution is 2.41. The van der Waals surface area contributed by atoms with Crippen molar-refractivity contribution in [2.45, 2.75) is 35.7 Å². The summed E-state index contributed by atoms with van der Waals surface area (Å²) in [5.74, 6) is 1.22. The minimum Gasteiger partial charge on any atom is -0.488 e. The number of fused-ring (bicyclic) bond motifs is 1. The van der Waals surface area contributed by atoms with Crippen molar-refractivity contribution in [2.24, 2.45) is 0 Å². The molecule has 7 nitrogen and oxygen atoms in total. The molecule has 1 N–H and O–H groups in total. The van der Waals surface area contributed by atoms with Crippen LogP contribution in [0.4, 0.5) is 0 Å². The number of rotatable bonds is 7. The molecule has 0 spiro atoms. The third-order valence-electron chi connectivity index (χ3n) is 4.33. The third-order valence-corrected chi connectivity index (χ3v) is 7.38. The fraction of sp³-hybridized carbons (Fsp3) is 0.368. The number of hydrogen-bond acceptors (Lipinski definition) is 6. The number of para-hydroxylation sites is 1. The lowest BCUT2D eigenvalue weighted by atomic mass is 10.0. The first-order valence-electron chi connectivity index (χ1n) is 8.82. The molecule has 0 saturated heterocycles. The van der Waals surface area contributed by atoms with E-state index in [4.69, 9.17) is 21.1 Å². The Balaban J connectivity index is 1.67. The Labute approximate surface area is 176 Å². The van der Waals surface area contributed by atoms with Crippen molar-refractivity contribution in [3.05, 3.63) is 47.0 Å². The van der Waals surface area contributed by atoms with Crippen molar-refractivity contribution < 1.29 is 26.3 Å². The number of sulfone groups is 1. The van der Waals surface area contributed by atoms with Crippen LogP contribution in [0.15, 0.2) is 46.2 Å². The quantitative estimate of drug-likeness (QED) is 0.639. The summed E-state index contributed by atoms with van der Waals surface area (Å²) in [6.07, 6.45) is 1.76. The van der Waals surface area contributed by atoms with Crippen LogP contribution in [0.25, 0.3) is 0 Å². The molecule has 158 valence electrons. The maximum absolute atomic E-state index is 12.5. The standard InChI is InChI=1S/C19H22ClNO6S2/c1-19(2)12-13-5-4-6-16(18(13)27-19)26-10-9-21-29(24,25)17-11-14(28(3,22)23)7-8-15(17)20/h4-8,11,21H,9-10,12H2,1-3H3. The topological polar surface area (TPSA) is 98.8 Å². The van der Waals surface area contributed by atoms with E-state index in [1.54, 1.807) is 6.07 Å². The van der Waals surface area contributed by atoms with Gasteiger partial charge in [0.2, 0.25) is 10.0 Å². The average Bonchev–Trinajstić information content (AvgIpc) is 2.92. The maximum Gasteiger partial charge on any atom is 0.242 e. The minimum atomic E-state index is -4.02. The summed E-state index contributed by atoms with van der Waals surface area (Å²) in [6, 6.07) is 9.14. The smallest absolute Gasteiger partial charge is 0.242 e. The van der Waals surface area contributed by atoms with E-state index in [2.05, 4.69) is 4.72 Å². The van der Waals surface area contributed by atoms with E-state index in [1.165, 1.54) is 12.1 Å². The van der Waals surface area contributed by atoms with Gasteiger partial charge in [0.25, 0.3) is 0 Å². The first kappa shape index (κ1) is 21.9. The second-order valence-electron chi connectivity index (χ2n) is 7.39. The Kier molecular flexibility index (Phi) is 5.88. The highest BCUT2D eigenvalue weighted by Gasteiger charge is 2.32. The van der Waals surface area contributed by atoms with Crippen LogP contribution in [0.2, 0.25) is 5.02 Å². The minimum absolute atomic E-state index is 0.0329. The molecule has 0 unspecified atom stereocenters. The Morgan fingerprint density at radius 1 is 1.17 bits per heavy atom. The van der Waals surface area contributed by atoms with Gasteiger partial charge in [0, 0.05) is 24.8 Å². The first-order chi connectivity index (χ1) is 13.4. The number of ether oxygens (including phenoxy) is 2. The number of sulfonamides is 1. The van der Waals surface area contributed by atoms with Crippen LogP contribution in [0, 0.1) is 0 Å². The largest absolute Gasteiger partial charge is 0.488 e. The van der Waals surface area contributed by atoms with Gasteiger partial charge in [-0.05, 0) is 38.1 Å². The summed E-state index contributed by atoms with van der Waals surface area (Å²) in [5, 5.41) is -0.0673. The van der Waals surface area contributed by atoms with Crippen molar-refractivity contribution in [3.8, 4) is 11.5 Å². The lowest BCUT2D eigenvalue weighted by molar-refractivity contribution is 0.132. The van der Waals surface area contributed by atoms with Gasteiger partial charge >= 0.3 is 0 Å². The van der Waals surface area contributed by atoms with Gasteiger partial charge in [0.1, 0.15) is 17.1 Å². The molecular formula is C19H22ClNO6S2. The van der Waals surface area contributed by atoms with E-state index in [1.807, 2.05) is 26.0 Å². The summed E-state index contributed by atoms with van der Waals surface area (Å²) >= 11 is 5.97. The Hall–Kier alpha value is -1.81. The Morgan fingerprint density at radius 3 is 2.59 bits per heavy atom. The van der Waals surface area contributed by atoms with Crippen LogP contribution in [-0.2, 0) is 26.3 Å². The molecule has 29 heavy (non-hydrogen) atoms. The second-order valence-corrected chi connectivity index (χ2v) is 11.6. The molecule has 0 fully saturated rings. The van der Waals surface area contributed by atoms with E-state index in [-0.39, 0.29) is 33.6 Å². The van der Waals surface area contributed by atoms with Gasteiger partial charge in [-0.25, -0.2) is 21.6 Å². The molecule has 1 aliphatic rings. The average molecular weight is 460 g/mol. The molecule has 0 radical (unpaired) electrons. The fourth-order valence-corrected chi connectivity index (χ4v) is 5.29. The van der Waals surface area contributed by atoms with Crippen molar-refractivity contribution in [1.82, 2.24) is 4.72 Å². The van der Waals surface area contributed by atoms with E-state index in [9.17, 15) is 16.8 Å². The molecule has 0 aliphatic carbocycles. The molecule has 0 saturated carbocycles. The zero-order valence-electron chi connectivity index (χ0n) is 16.2. The van der Waals surface area contributed by atoms with Gasteiger partial charge < -0.3 is 9.47 Å². The zero-order chi connectivity index (χ0) is 21.4. The summed E-state index contributed by atoms with van der Waals surface area (Å²) in [5.41, 5.74) is 0.725. The lowest BCUT2D eigenvalue weighted by Gasteiger charge is -2.18. The second kappa shape index (κ2) is 7.79. The Morgan fingerprint density at radius 2 is 1.90 bits per heavy atom. The van der Waals surface area contributed by atoms with Gasteiger partial charge in [0.15, 0.2) is 21.3 Å². The third kappa shape index (κ3) is 5.03. The maximum atomic E-state index is 12.5. The molecule has 2 aromatic carbocycles. The van der Waals surface area contributed by atoms with E-state index in [0.717, 1.165) is 24.3 Å². The van der Waals surface area contributed by atoms with Crippen LogP contribution in [-0.4, -0.2) is 41.8 Å².